The molecule has 0 unspecified atom stereocenters. The summed E-state index contributed by atoms with van der Waals surface area (Å²) in [4.78, 5) is 15.5. The van der Waals surface area contributed by atoms with Crippen LogP contribution in [0.1, 0.15) is 17.3 Å². The number of rotatable bonds is 2. The lowest BCUT2D eigenvalue weighted by molar-refractivity contribution is 0.0652. The molecule has 1 aliphatic heterocycles. The number of nitrogens with one attached hydrogen (secondary N) is 1. The Kier molecular flexibility index (Phi) is 5.99. The maximum Gasteiger partial charge on any atom is 0.255 e. The first kappa shape index (κ1) is 15.3. The predicted molar refractivity (Wildman–Crippen MR) is 78.8 cm³/mol. The molecule has 1 atom stereocenters. The largest absolute Gasteiger partial charge is 0.333 e. The number of amides is 1. The minimum Gasteiger partial charge on any atom is -0.333 e. The van der Waals surface area contributed by atoms with Gasteiger partial charge in [-0.05, 0) is 25.3 Å². The minimum absolute atomic E-state index is 0. The summed E-state index contributed by atoms with van der Waals surface area (Å²) in [5.41, 5.74) is 0.828. The lowest BCUT2D eigenvalue weighted by Crippen LogP contribution is -2.52. The third-order valence-electron chi connectivity index (χ3n) is 3.10. The highest BCUT2D eigenvalue weighted by Crippen LogP contribution is 2.22. The Balaban J connectivity index is 0.00000162. The Morgan fingerprint density at radius 1 is 1.44 bits per heavy atom. The summed E-state index contributed by atoms with van der Waals surface area (Å²) in [6, 6.07) is 8.10. The van der Waals surface area contributed by atoms with Crippen LogP contribution in [0.25, 0.3) is 0 Å². The molecule has 1 heterocycles. The summed E-state index contributed by atoms with van der Waals surface area (Å²) in [6.07, 6.45) is 2.01. The molecule has 0 saturated carbocycles. The number of benzene rings is 1. The molecule has 1 aromatic carbocycles. The Bertz CT molecular complexity index is 414. The van der Waals surface area contributed by atoms with Gasteiger partial charge >= 0.3 is 0 Å². The molecular formula is C13H19ClN2OS. The van der Waals surface area contributed by atoms with Gasteiger partial charge in [-0.1, -0.05) is 12.1 Å². The highest BCUT2D eigenvalue weighted by Gasteiger charge is 2.25. The molecule has 5 heteroatoms. The molecule has 100 valence electrons. The summed E-state index contributed by atoms with van der Waals surface area (Å²) in [5.74, 6) is 0.156. The van der Waals surface area contributed by atoms with Gasteiger partial charge in [-0.2, -0.15) is 0 Å². The molecule has 0 spiro atoms. The molecule has 1 saturated heterocycles. The molecule has 0 radical (unpaired) electrons. The Morgan fingerprint density at radius 2 is 2.17 bits per heavy atom. The van der Waals surface area contributed by atoms with Crippen molar-refractivity contribution in [2.24, 2.45) is 0 Å². The number of hydrogen-bond acceptors (Lipinski definition) is 3. The predicted octanol–water partition coefficient (Wildman–Crippen LogP) is 2.26. The Morgan fingerprint density at radius 3 is 2.83 bits per heavy atom. The van der Waals surface area contributed by atoms with Crippen molar-refractivity contribution in [3.05, 3.63) is 29.8 Å². The number of carbonyl (C=O) groups is 1. The van der Waals surface area contributed by atoms with Crippen LogP contribution in [0.5, 0.6) is 0 Å². The van der Waals surface area contributed by atoms with Gasteiger partial charge in [0.15, 0.2) is 0 Å². The maximum atomic E-state index is 12.5. The molecule has 0 aliphatic carbocycles. The van der Waals surface area contributed by atoms with E-state index in [4.69, 9.17) is 0 Å². The van der Waals surface area contributed by atoms with E-state index in [2.05, 4.69) is 12.2 Å². The van der Waals surface area contributed by atoms with Crippen LogP contribution < -0.4 is 5.32 Å². The van der Waals surface area contributed by atoms with Gasteiger partial charge in [-0.3, -0.25) is 4.79 Å². The van der Waals surface area contributed by atoms with Crippen molar-refractivity contribution < 1.29 is 4.79 Å². The molecule has 1 amide bonds. The average molecular weight is 287 g/mol. The van der Waals surface area contributed by atoms with Gasteiger partial charge in [-0.15, -0.1) is 24.2 Å². The van der Waals surface area contributed by atoms with Crippen LogP contribution in [0.2, 0.25) is 0 Å². The monoisotopic (exact) mass is 286 g/mol. The van der Waals surface area contributed by atoms with Gasteiger partial charge < -0.3 is 10.2 Å². The first-order chi connectivity index (χ1) is 8.24. The van der Waals surface area contributed by atoms with E-state index in [0.29, 0.717) is 0 Å². The normalized spacial score (nSPS) is 19.2. The van der Waals surface area contributed by atoms with Crippen LogP contribution in [-0.4, -0.2) is 42.7 Å². The van der Waals surface area contributed by atoms with Crippen LogP contribution in [0, 0.1) is 0 Å². The number of thioether (sulfide) groups is 1. The molecule has 2 rings (SSSR count). The number of carbonyl (C=O) groups excluding carboxylic acids is 1. The van der Waals surface area contributed by atoms with E-state index < -0.39 is 0 Å². The van der Waals surface area contributed by atoms with Crippen molar-refractivity contribution in [3.63, 3.8) is 0 Å². The zero-order chi connectivity index (χ0) is 12.3. The molecule has 0 aromatic heterocycles. The summed E-state index contributed by atoms with van der Waals surface area (Å²) in [6.45, 7) is 4.65. The van der Waals surface area contributed by atoms with Crippen LogP contribution in [0.15, 0.2) is 29.2 Å². The number of halogens is 1. The van der Waals surface area contributed by atoms with Crippen molar-refractivity contribution in [2.45, 2.75) is 17.9 Å². The SMILES string of the molecule is CSc1ccccc1C(=O)N1CCNC[C@H]1C.Cl. The van der Waals surface area contributed by atoms with Crippen molar-refractivity contribution in [2.75, 3.05) is 25.9 Å². The molecule has 0 bridgehead atoms. The maximum absolute atomic E-state index is 12.5. The molecule has 1 aromatic rings. The second-order valence-electron chi connectivity index (χ2n) is 4.25. The van der Waals surface area contributed by atoms with E-state index in [1.807, 2.05) is 35.4 Å². The standard InChI is InChI=1S/C13H18N2OS.ClH/c1-10-9-14-7-8-15(10)13(16)11-5-3-4-6-12(11)17-2;/h3-6,10,14H,7-9H2,1-2H3;1H/t10-;/m1./s1. The quantitative estimate of drug-likeness (QED) is 0.847. The number of hydrogen-bond donors (Lipinski definition) is 1. The fourth-order valence-corrected chi connectivity index (χ4v) is 2.71. The van der Waals surface area contributed by atoms with E-state index in [9.17, 15) is 4.79 Å². The van der Waals surface area contributed by atoms with Gasteiger partial charge in [0, 0.05) is 30.6 Å². The molecule has 1 fully saturated rings. The van der Waals surface area contributed by atoms with Crippen molar-refractivity contribution in [1.82, 2.24) is 10.2 Å². The summed E-state index contributed by atoms with van der Waals surface area (Å²) < 4.78 is 0. The first-order valence-electron chi connectivity index (χ1n) is 5.88. The van der Waals surface area contributed by atoms with E-state index in [-0.39, 0.29) is 24.4 Å². The van der Waals surface area contributed by atoms with E-state index >= 15 is 0 Å². The molecule has 1 aliphatic rings. The second kappa shape index (κ2) is 7.02. The zero-order valence-electron chi connectivity index (χ0n) is 10.7. The minimum atomic E-state index is 0. The van der Waals surface area contributed by atoms with Crippen molar-refractivity contribution in [3.8, 4) is 0 Å². The second-order valence-corrected chi connectivity index (χ2v) is 5.10. The zero-order valence-corrected chi connectivity index (χ0v) is 12.3. The third kappa shape index (κ3) is 3.19. The van der Waals surface area contributed by atoms with Gasteiger partial charge in [0.1, 0.15) is 0 Å². The van der Waals surface area contributed by atoms with E-state index in [0.717, 1.165) is 30.1 Å². The van der Waals surface area contributed by atoms with Crippen LogP contribution in [-0.2, 0) is 0 Å². The lowest BCUT2D eigenvalue weighted by Gasteiger charge is -2.34. The molecular weight excluding hydrogens is 268 g/mol. The smallest absolute Gasteiger partial charge is 0.255 e. The van der Waals surface area contributed by atoms with Crippen molar-refractivity contribution >= 4 is 30.1 Å². The highest BCUT2D eigenvalue weighted by atomic mass is 35.5. The van der Waals surface area contributed by atoms with Gasteiger partial charge in [-0.25, -0.2) is 0 Å². The fraction of sp³-hybridized carbons (Fsp3) is 0.462. The number of nitrogens with zero attached hydrogens (tertiary/aromatic N) is 1. The van der Waals surface area contributed by atoms with Crippen LogP contribution in [0.3, 0.4) is 0 Å². The summed E-state index contributed by atoms with van der Waals surface area (Å²) >= 11 is 1.63. The van der Waals surface area contributed by atoms with Crippen LogP contribution in [0.4, 0.5) is 0 Å². The molecule has 18 heavy (non-hydrogen) atoms. The molecule has 1 N–H and O–H groups in total. The topological polar surface area (TPSA) is 32.3 Å². The van der Waals surface area contributed by atoms with E-state index in [1.54, 1.807) is 11.8 Å². The van der Waals surface area contributed by atoms with E-state index in [1.165, 1.54) is 0 Å². The average Bonchev–Trinajstić information content (AvgIpc) is 2.38. The van der Waals surface area contributed by atoms with Crippen LogP contribution >= 0.6 is 24.2 Å². The molecule has 3 nitrogen and oxygen atoms in total. The third-order valence-corrected chi connectivity index (χ3v) is 3.90. The summed E-state index contributed by atoms with van der Waals surface area (Å²) in [5, 5.41) is 3.30. The summed E-state index contributed by atoms with van der Waals surface area (Å²) in [7, 11) is 0. The van der Waals surface area contributed by atoms with Gasteiger partial charge in [0.25, 0.3) is 5.91 Å². The van der Waals surface area contributed by atoms with Gasteiger partial charge in [0.2, 0.25) is 0 Å². The number of piperazine rings is 1. The van der Waals surface area contributed by atoms with Crippen molar-refractivity contribution in [1.29, 1.82) is 0 Å². The highest BCUT2D eigenvalue weighted by molar-refractivity contribution is 7.98. The fourth-order valence-electron chi connectivity index (χ4n) is 2.12. The van der Waals surface area contributed by atoms with Gasteiger partial charge in [0.05, 0.1) is 5.56 Å². The first-order valence-corrected chi connectivity index (χ1v) is 7.11. The lowest BCUT2D eigenvalue weighted by atomic mass is 10.1. The Labute approximate surface area is 119 Å². The Hall–Kier alpha value is -0.710.